The van der Waals surface area contributed by atoms with Crippen molar-refractivity contribution in [3.8, 4) is 0 Å². The quantitative estimate of drug-likeness (QED) is 0.563. The lowest BCUT2D eigenvalue weighted by atomic mass is 9.89. The molecule has 0 aromatic heterocycles. The zero-order chi connectivity index (χ0) is 20.7. The topological polar surface area (TPSA) is 52.1 Å². The number of rotatable bonds is 6. The van der Waals surface area contributed by atoms with E-state index in [2.05, 4.69) is 41.5 Å². The van der Waals surface area contributed by atoms with E-state index in [9.17, 15) is 4.39 Å². The van der Waals surface area contributed by atoms with Gasteiger partial charge in [-0.25, -0.2) is 4.39 Å². The molecule has 0 bridgehead atoms. The van der Waals surface area contributed by atoms with E-state index < -0.39 is 0 Å². The number of hydrogen-bond donors (Lipinski definition) is 2. The van der Waals surface area contributed by atoms with Crippen LogP contribution < -0.4 is 15.5 Å². The van der Waals surface area contributed by atoms with E-state index in [1.54, 1.807) is 12.1 Å². The van der Waals surface area contributed by atoms with Crippen molar-refractivity contribution in [3.05, 3.63) is 30.1 Å². The molecule has 2 aliphatic heterocycles. The third-order valence-electron chi connectivity index (χ3n) is 6.18. The zero-order valence-corrected chi connectivity index (χ0v) is 18.1. The highest BCUT2D eigenvalue weighted by Crippen LogP contribution is 2.26. The molecule has 1 aromatic rings. The van der Waals surface area contributed by atoms with Gasteiger partial charge in [-0.15, -0.1) is 0 Å². The minimum absolute atomic E-state index is 0.0563. The number of nitrogens with zero attached hydrogens (tertiary/aromatic N) is 3. The first-order valence-corrected chi connectivity index (χ1v) is 10.8. The van der Waals surface area contributed by atoms with E-state index in [0.29, 0.717) is 0 Å². The molecule has 0 radical (unpaired) electrons. The van der Waals surface area contributed by atoms with Crippen molar-refractivity contribution in [2.75, 3.05) is 58.4 Å². The highest BCUT2D eigenvalue weighted by atomic mass is 19.1. The molecule has 1 atom stereocenters. The van der Waals surface area contributed by atoms with E-state index >= 15 is 0 Å². The lowest BCUT2D eigenvalue weighted by Crippen LogP contribution is -2.53. The average Bonchev–Trinajstić information content (AvgIpc) is 2.73. The Hall–Kier alpha value is -1.86. The fourth-order valence-corrected chi connectivity index (χ4v) is 4.24. The largest absolute Gasteiger partial charge is 0.381 e. The molecule has 162 valence electrons. The molecule has 6 nitrogen and oxygen atoms in total. The summed E-state index contributed by atoms with van der Waals surface area (Å²) in [6.07, 6.45) is 4.16. The van der Waals surface area contributed by atoms with Crippen LogP contribution in [0.25, 0.3) is 0 Å². The molecule has 0 spiro atoms. The Labute approximate surface area is 174 Å². The summed E-state index contributed by atoms with van der Waals surface area (Å²) in [6, 6.07) is 7.16. The number of piperidine rings is 1. The van der Waals surface area contributed by atoms with Gasteiger partial charge >= 0.3 is 0 Å². The summed E-state index contributed by atoms with van der Waals surface area (Å²) in [5.41, 5.74) is 1.01. The summed E-state index contributed by atoms with van der Waals surface area (Å²) in [7, 11) is 4.28. The van der Waals surface area contributed by atoms with Crippen molar-refractivity contribution < 1.29 is 9.13 Å². The monoisotopic (exact) mass is 405 g/mol. The summed E-state index contributed by atoms with van der Waals surface area (Å²) >= 11 is 0. The number of benzene rings is 1. The molecular formula is C22H36FN5O. The standard InChI is InChI=1S/C22H36FN5O/c1-4-24-21(25-17-22(27(2)3)10-13-29-14-11-22)26-19-8-6-12-28(16-19)20-9-5-7-18(23)15-20/h5,7,9,15,19H,4,6,8,10-14,16-17H2,1-3H3,(H2,24,25,26). The second kappa shape index (κ2) is 10.3. The Bertz CT molecular complexity index is 675. The summed E-state index contributed by atoms with van der Waals surface area (Å²) in [5, 5.41) is 7.02. The van der Waals surface area contributed by atoms with Crippen molar-refractivity contribution in [2.45, 2.75) is 44.2 Å². The van der Waals surface area contributed by atoms with Gasteiger partial charge in [-0.3, -0.25) is 4.99 Å². The van der Waals surface area contributed by atoms with Gasteiger partial charge in [0.25, 0.3) is 0 Å². The van der Waals surface area contributed by atoms with Crippen molar-refractivity contribution in [3.63, 3.8) is 0 Å². The average molecular weight is 406 g/mol. The fraction of sp³-hybridized carbons (Fsp3) is 0.682. The van der Waals surface area contributed by atoms with Crippen molar-refractivity contribution >= 4 is 11.6 Å². The van der Waals surface area contributed by atoms with Crippen molar-refractivity contribution in [2.24, 2.45) is 4.99 Å². The second-order valence-corrected chi connectivity index (χ2v) is 8.34. The van der Waals surface area contributed by atoms with Crippen LogP contribution in [-0.4, -0.2) is 75.9 Å². The van der Waals surface area contributed by atoms with Crippen LogP contribution in [0.2, 0.25) is 0 Å². The van der Waals surface area contributed by atoms with E-state index in [1.165, 1.54) is 6.07 Å². The van der Waals surface area contributed by atoms with Crippen molar-refractivity contribution in [1.82, 2.24) is 15.5 Å². The number of hydrogen-bond acceptors (Lipinski definition) is 4. The lowest BCUT2D eigenvalue weighted by molar-refractivity contribution is -0.00255. The Morgan fingerprint density at radius 1 is 1.34 bits per heavy atom. The van der Waals surface area contributed by atoms with Crippen molar-refractivity contribution in [1.29, 1.82) is 0 Å². The molecule has 2 saturated heterocycles. The molecule has 7 heteroatoms. The normalized spacial score (nSPS) is 22.6. The molecule has 2 N–H and O–H groups in total. The molecular weight excluding hydrogens is 369 g/mol. The molecule has 0 aliphatic carbocycles. The van der Waals surface area contributed by atoms with Gasteiger partial charge in [-0.1, -0.05) is 6.07 Å². The minimum atomic E-state index is -0.182. The first-order chi connectivity index (χ1) is 14.0. The van der Waals surface area contributed by atoms with Gasteiger partial charge in [-0.05, 0) is 64.9 Å². The van der Waals surface area contributed by atoms with E-state index in [1.807, 2.05) is 6.07 Å². The molecule has 0 amide bonds. The van der Waals surface area contributed by atoms with Gasteiger partial charge in [0.1, 0.15) is 5.82 Å². The number of likely N-dealkylation sites (N-methyl/N-ethyl adjacent to an activating group) is 1. The molecule has 2 heterocycles. The minimum Gasteiger partial charge on any atom is -0.381 e. The zero-order valence-electron chi connectivity index (χ0n) is 18.1. The lowest BCUT2D eigenvalue weighted by Gasteiger charge is -2.42. The number of halogens is 1. The number of aliphatic imine (C=N–C) groups is 1. The predicted octanol–water partition coefficient (Wildman–Crippen LogP) is 2.46. The van der Waals surface area contributed by atoms with Crippen LogP contribution in [0.1, 0.15) is 32.6 Å². The van der Waals surface area contributed by atoms with Crippen LogP contribution in [0.15, 0.2) is 29.3 Å². The summed E-state index contributed by atoms with van der Waals surface area (Å²) in [5.74, 6) is 0.684. The summed E-state index contributed by atoms with van der Waals surface area (Å²) in [4.78, 5) is 9.51. The van der Waals surface area contributed by atoms with Crippen LogP contribution in [0.4, 0.5) is 10.1 Å². The van der Waals surface area contributed by atoms with Gasteiger partial charge in [0, 0.05) is 50.1 Å². The smallest absolute Gasteiger partial charge is 0.191 e. The third kappa shape index (κ3) is 5.82. The number of anilines is 1. The first kappa shape index (κ1) is 21.8. The number of nitrogens with one attached hydrogen (secondary N) is 2. The van der Waals surface area contributed by atoms with E-state index in [-0.39, 0.29) is 17.4 Å². The fourth-order valence-electron chi connectivity index (χ4n) is 4.24. The molecule has 1 aromatic carbocycles. The highest BCUT2D eigenvalue weighted by Gasteiger charge is 2.34. The highest BCUT2D eigenvalue weighted by molar-refractivity contribution is 5.80. The van der Waals surface area contributed by atoms with Crippen LogP contribution in [0, 0.1) is 5.82 Å². The molecule has 1 unspecified atom stereocenters. The van der Waals surface area contributed by atoms with Gasteiger partial charge in [-0.2, -0.15) is 0 Å². The molecule has 2 aliphatic rings. The summed E-state index contributed by atoms with van der Waals surface area (Å²) < 4.78 is 19.2. The maximum Gasteiger partial charge on any atom is 0.191 e. The van der Waals surface area contributed by atoms with Crippen LogP contribution in [-0.2, 0) is 4.74 Å². The van der Waals surface area contributed by atoms with Crippen LogP contribution in [0.3, 0.4) is 0 Å². The molecule has 3 rings (SSSR count). The summed E-state index contributed by atoms with van der Waals surface area (Å²) in [6.45, 7) is 7.06. The maximum absolute atomic E-state index is 13.6. The number of ether oxygens (including phenoxy) is 1. The Kier molecular flexibility index (Phi) is 7.72. The van der Waals surface area contributed by atoms with Gasteiger partial charge in [0.15, 0.2) is 5.96 Å². The maximum atomic E-state index is 13.6. The first-order valence-electron chi connectivity index (χ1n) is 10.8. The predicted molar refractivity (Wildman–Crippen MR) is 117 cm³/mol. The Morgan fingerprint density at radius 3 is 2.83 bits per heavy atom. The van der Waals surface area contributed by atoms with Gasteiger partial charge < -0.3 is 25.2 Å². The molecule has 0 saturated carbocycles. The van der Waals surface area contributed by atoms with Crippen LogP contribution in [0.5, 0.6) is 0 Å². The Balaban J connectivity index is 1.65. The van der Waals surface area contributed by atoms with Crippen LogP contribution >= 0.6 is 0 Å². The Morgan fingerprint density at radius 2 is 2.14 bits per heavy atom. The van der Waals surface area contributed by atoms with E-state index in [0.717, 1.165) is 76.7 Å². The van der Waals surface area contributed by atoms with E-state index in [4.69, 9.17) is 9.73 Å². The third-order valence-corrected chi connectivity index (χ3v) is 6.18. The number of guanidine groups is 1. The van der Waals surface area contributed by atoms with Gasteiger partial charge in [0.2, 0.25) is 0 Å². The molecule has 2 fully saturated rings. The SMILES string of the molecule is CCNC(=NCC1(N(C)C)CCOCC1)NC1CCCN(c2cccc(F)c2)C1. The van der Waals surface area contributed by atoms with Gasteiger partial charge in [0.05, 0.1) is 6.54 Å². The molecule has 29 heavy (non-hydrogen) atoms. The second-order valence-electron chi connectivity index (χ2n) is 8.34.